The molecule has 2 rings (SSSR count). The first-order valence-corrected chi connectivity index (χ1v) is 6.89. The fraction of sp³-hybridized carbons (Fsp3) is 0.923. The van der Waals surface area contributed by atoms with Gasteiger partial charge < -0.3 is 20.1 Å². The SMILES string of the molecule is CC1(NC(=O)COC2CCNCC2)CCCOC1. The third-order valence-electron chi connectivity index (χ3n) is 3.62. The van der Waals surface area contributed by atoms with Gasteiger partial charge in [-0.2, -0.15) is 0 Å². The molecule has 2 aliphatic heterocycles. The molecule has 0 aliphatic carbocycles. The smallest absolute Gasteiger partial charge is 0.246 e. The lowest BCUT2D eigenvalue weighted by molar-refractivity contribution is -0.131. The van der Waals surface area contributed by atoms with E-state index in [2.05, 4.69) is 10.6 Å². The van der Waals surface area contributed by atoms with Crippen LogP contribution in [0.15, 0.2) is 0 Å². The van der Waals surface area contributed by atoms with E-state index in [1.165, 1.54) is 0 Å². The van der Waals surface area contributed by atoms with Crippen LogP contribution in [-0.2, 0) is 14.3 Å². The average Bonchev–Trinajstić information content (AvgIpc) is 2.38. The van der Waals surface area contributed by atoms with Crippen LogP contribution >= 0.6 is 0 Å². The Labute approximate surface area is 109 Å². The van der Waals surface area contributed by atoms with E-state index in [0.717, 1.165) is 45.4 Å². The topological polar surface area (TPSA) is 59.6 Å². The highest BCUT2D eigenvalue weighted by molar-refractivity contribution is 5.78. The molecule has 1 atom stereocenters. The van der Waals surface area contributed by atoms with Gasteiger partial charge in [0.2, 0.25) is 5.91 Å². The van der Waals surface area contributed by atoms with Gasteiger partial charge in [0, 0.05) is 6.61 Å². The Morgan fingerprint density at radius 1 is 1.50 bits per heavy atom. The van der Waals surface area contributed by atoms with E-state index < -0.39 is 0 Å². The summed E-state index contributed by atoms with van der Waals surface area (Å²) in [5, 5.41) is 6.31. The summed E-state index contributed by atoms with van der Waals surface area (Å²) < 4.78 is 11.1. The third kappa shape index (κ3) is 4.23. The van der Waals surface area contributed by atoms with Crippen molar-refractivity contribution in [1.29, 1.82) is 0 Å². The number of nitrogens with one attached hydrogen (secondary N) is 2. The molecule has 5 heteroatoms. The Morgan fingerprint density at radius 2 is 2.28 bits per heavy atom. The fourth-order valence-corrected chi connectivity index (χ4v) is 2.56. The van der Waals surface area contributed by atoms with Crippen LogP contribution in [-0.4, -0.2) is 50.5 Å². The second-order valence-corrected chi connectivity index (χ2v) is 5.53. The standard InChI is InChI=1S/C13H24N2O3/c1-13(5-2-8-17-10-13)15-12(16)9-18-11-3-6-14-7-4-11/h11,14H,2-10H2,1H3,(H,15,16). The van der Waals surface area contributed by atoms with Crippen LogP contribution in [0.25, 0.3) is 0 Å². The first-order valence-electron chi connectivity index (χ1n) is 6.89. The largest absolute Gasteiger partial charge is 0.379 e. The maximum Gasteiger partial charge on any atom is 0.246 e. The lowest BCUT2D eigenvalue weighted by Gasteiger charge is -2.34. The number of amides is 1. The minimum Gasteiger partial charge on any atom is -0.379 e. The molecule has 0 radical (unpaired) electrons. The number of ether oxygens (including phenoxy) is 2. The van der Waals surface area contributed by atoms with E-state index in [9.17, 15) is 4.79 Å². The van der Waals surface area contributed by atoms with Crippen molar-refractivity contribution in [1.82, 2.24) is 10.6 Å². The molecule has 0 aromatic rings. The Balaban J connectivity index is 1.67. The number of hydrogen-bond acceptors (Lipinski definition) is 4. The molecule has 1 amide bonds. The molecular formula is C13H24N2O3. The average molecular weight is 256 g/mol. The Morgan fingerprint density at radius 3 is 2.94 bits per heavy atom. The summed E-state index contributed by atoms with van der Waals surface area (Å²) in [5.41, 5.74) is -0.215. The van der Waals surface area contributed by atoms with Gasteiger partial charge >= 0.3 is 0 Å². The van der Waals surface area contributed by atoms with Gasteiger partial charge in [-0.3, -0.25) is 4.79 Å². The van der Waals surface area contributed by atoms with Crippen LogP contribution in [0.2, 0.25) is 0 Å². The zero-order valence-corrected chi connectivity index (χ0v) is 11.2. The molecule has 2 saturated heterocycles. The summed E-state index contributed by atoms with van der Waals surface area (Å²) in [4.78, 5) is 11.9. The predicted octanol–water partition coefficient (Wildman–Crippen LogP) is 0.440. The van der Waals surface area contributed by atoms with Crippen LogP contribution in [0.3, 0.4) is 0 Å². The van der Waals surface area contributed by atoms with E-state index in [0.29, 0.717) is 6.61 Å². The molecule has 18 heavy (non-hydrogen) atoms. The van der Waals surface area contributed by atoms with Gasteiger partial charge in [0.1, 0.15) is 6.61 Å². The minimum atomic E-state index is -0.215. The Bertz CT molecular complexity index is 271. The van der Waals surface area contributed by atoms with E-state index in [1.807, 2.05) is 6.92 Å². The number of carbonyl (C=O) groups excluding carboxylic acids is 1. The lowest BCUT2D eigenvalue weighted by atomic mass is 9.95. The number of hydrogen-bond donors (Lipinski definition) is 2. The van der Waals surface area contributed by atoms with Gasteiger partial charge in [-0.1, -0.05) is 0 Å². The number of piperidine rings is 1. The van der Waals surface area contributed by atoms with E-state index in [4.69, 9.17) is 9.47 Å². The summed E-state index contributed by atoms with van der Waals surface area (Å²) in [5.74, 6) is -0.0264. The lowest BCUT2D eigenvalue weighted by Crippen LogP contribution is -2.52. The molecular weight excluding hydrogens is 232 g/mol. The molecule has 2 heterocycles. The first kappa shape index (κ1) is 13.8. The highest BCUT2D eigenvalue weighted by atomic mass is 16.5. The van der Waals surface area contributed by atoms with Crippen molar-refractivity contribution < 1.29 is 14.3 Å². The van der Waals surface area contributed by atoms with Crippen molar-refractivity contribution in [2.24, 2.45) is 0 Å². The summed E-state index contributed by atoms with van der Waals surface area (Å²) >= 11 is 0. The second-order valence-electron chi connectivity index (χ2n) is 5.53. The maximum absolute atomic E-state index is 11.9. The minimum absolute atomic E-state index is 0.0264. The third-order valence-corrected chi connectivity index (χ3v) is 3.62. The van der Waals surface area contributed by atoms with Gasteiger partial charge in [-0.15, -0.1) is 0 Å². The number of rotatable bonds is 4. The van der Waals surface area contributed by atoms with Gasteiger partial charge in [-0.05, 0) is 45.7 Å². The van der Waals surface area contributed by atoms with E-state index >= 15 is 0 Å². The highest BCUT2D eigenvalue weighted by Gasteiger charge is 2.29. The second kappa shape index (κ2) is 6.50. The molecule has 0 bridgehead atoms. The van der Waals surface area contributed by atoms with Gasteiger partial charge in [-0.25, -0.2) is 0 Å². The van der Waals surface area contributed by atoms with Crippen LogP contribution < -0.4 is 10.6 Å². The zero-order chi connectivity index (χ0) is 12.8. The van der Waals surface area contributed by atoms with Crippen LogP contribution in [0.5, 0.6) is 0 Å². The van der Waals surface area contributed by atoms with Gasteiger partial charge in [0.25, 0.3) is 0 Å². The molecule has 2 aliphatic rings. The maximum atomic E-state index is 11.9. The molecule has 1 unspecified atom stereocenters. The molecule has 0 aromatic carbocycles. The molecule has 2 fully saturated rings. The van der Waals surface area contributed by atoms with Crippen LogP contribution in [0.1, 0.15) is 32.6 Å². The van der Waals surface area contributed by atoms with E-state index in [1.54, 1.807) is 0 Å². The summed E-state index contributed by atoms with van der Waals surface area (Å²) in [6.07, 6.45) is 4.20. The Hall–Kier alpha value is -0.650. The van der Waals surface area contributed by atoms with Crippen molar-refractivity contribution in [3.8, 4) is 0 Å². The van der Waals surface area contributed by atoms with Crippen molar-refractivity contribution >= 4 is 5.91 Å². The monoisotopic (exact) mass is 256 g/mol. The van der Waals surface area contributed by atoms with Crippen molar-refractivity contribution in [2.45, 2.75) is 44.2 Å². The number of carbonyl (C=O) groups is 1. The van der Waals surface area contributed by atoms with Crippen molar-refractivity contribution in [3.05, 3.63) is 0 Å². The molecule has 0 saturated carbocycles. The van der Waals surface area contributed by atoms with Crippen LogP contribution in [0.4, 0.5) is 0 Å². The molecule has 0 spiro atoms. The summed E-state index contributed by atoms with van der Waals surface area (Å²) in [7, 11) is 0. The van der Waals surface area contributed by atoms with Gasteiger partial charge in [0.05, 0.1) is 18.2 Å². The summed E-state index contributed by atoms with van der Waals surface area (Å²) in [6, 6.07) is 0. The summed E-state index contributed by atoms with van der Waals surface area (Å²) in [6.45, 7) is 5.58. The first-order chi connectivity index (χ1) is 8.68. The molecule has 5 nitrogen and oxygen atoms in total. The fourth-order valence-electron chi connectivity index (χ4n) is 2.56. The normalized spacial score (nSPS) is 30.1. The van der Waals surface area contributed by atoms with Crippen LogP contribution in [0, 0.1) is 0 Å². The van der Waals surface area contributed by atoms with Crippen molar-refractivity contribution in [3.63, 3.8) is 0 Å². The Kier molecular flexibility index (Phi) is 4.97. The van der Waals surface area contributed by atoms with E-state index in [-0.39, 0.29) is 24.2 Å². The molecule has 2 N–H and O–H groups in total. The zero-order valence-electron chi connectivity index (χ0n) is 11.2. The molecule has 104 valence electrons. The van der Waals surface area contributed by atoms with Crippen molar-refractivity contribution in [2.75, 3.05) is 32.9 Å². The van der Waals surface area contributed by atoms with Gasteiger partial charge in [0.15, 0.2) is 0 Å². The molecule has 0 aromatic heterocycles. The predicted molar refractivity (Wildman–Crippen MR) is 68.4 cm³/mol. The highest BCUT2D eigenvalue weighted by Crippen LogP contribution is 2.18. The quantitative estimate of drug-likeness (QED) is 0.766.